The van der Waals surface area contributed by atoms with E-state index in [1.165, 1.54) is 11.3 Å². The van der Waals surface area contributed by atoms with Gasteiger partial charge >= 0.3 is 0 Å². The smallest absolute Gasteiger partial charge is 0.267 e. The van der Waals surface area contributed by atoms with Gasteiger partial charge in [0.2, 0.25) is 0 Å². The number of amides is 1. The Balaban J connectivity index is 2.77. The summed E-state index contributed by atoms with van der Waals surface area (Å²) in [7, 11) is 3.36. The molecule has 1 amide bonds. The molecule has 1 aromatic rings. The van der Waals surface area contributed by atoms with Crippen LogP contribution in [0.2, 0.25) is 0 Å². The minimum Gasteiger partial charge on any atom is -0.495 e. The van der Waals surface area contributed by atoms with Gasteiger partial charge in [-0.1, -0.05) is 13.8 Å². The van der Waals surface area contributed by atoms with Crippen LogP contribution in [-0.2, 0) is 0 Å². The fourth-order valence-corrected chi connectivity index (χ4v) is 2.42. The Hall–Kier alpha value is -1.07. The van der Waals surface area contributed by atoms with E-state index in [2.05, 4.69) is 0 Å². The number of carbonyl (C=O) groups is 1. The molecule has 0 aliphatic rings. The van der Waals surface area contributed by atoms with Crippen LogP contribution in [0.4, 0.5) is 0 Å². The Kier molecular flexibility index (Phi) is 4.54. The molecule has 0 unspecified atom stereocenters. The maximum Gasteiger partial charge on any atom is 0.267 e. The molecular weight excluding hydrogens is 236 g/mol. The maximum atomic E-state index is 12.2. The third-order valence-corrected chi connectivity index (χ3v) is 3.49. The van der Waals surface area contributed by atoms with Crippen LogP contribution in [0.25, 0.3) is 0 Å². The molecule has 0 aliphatic carbocycles. The molecule has 0 aromatic carbocycles. The molecule has 96 valence electrons. The van der Waals surface area contributed by atoms with E-state index < -0.39 is 0 Å². The number of rotatable bonds is 5. The number of nitrogens with zero attached hydrogens (tertiary/aromatic N) is 1. The van der Waals surface area contributed by atoms with Crippen molar-refractivity contribution in [3.8, 4) is 5.75 Å². The fraction of sp³-hybridized carbons (Fsp3) is 0.583. The number of carbonyl (C=O) groups excluding carboxylic acids is 1. The van der Waals surface area contributed by atoms with Crippen molar-refractivity contribution in [2.75, 3.05) is 27.2 Å². The zero-order valence-corrected chi connectivity index (χ0v) is 11.6. The second kappa shape index (κ2) is 5.51. The summed E-state index contributed by atoms with van der Waals surface area (Å²) >= 11 is 1.40. The van der Waals surface area contributed by atoms with E-state index in [9.17, 15) is 4.79 Å². The molecule has 4 nitrogen and oxygen atoms in total. The molecule has 1 heterocycles. The van der Waals surface area contributed by atoms with Crippen LogP contribution in [0.3, 0.4) is 0 Å². The van der Waals surface area contributed by atoms with Gasteiger partial charge in [-0.25, -0.2) is 0 Å². The molecule has 0 atom stereocenters. The number of hydrogen-bond donors (Lipinski definition) is 1. The van der Waals surface area contributed by atoms with Gasteiger partial charge in [0.05, 0.1) is 7.11 Å². The van der Waals surface area contributed by atoms with Crippen LogP contribution in [0.15, 0.2) is 11.4 Å². The standard InChI is InChI=1S/C12H20N2O2S/c1-12(2,7-13)8-14(3)11(15)10-9(16-4)5-6-17-10/h5-6H,7-8,13H2,1-4H3. The minimum atomic E-state index is -0.0745. The van der Waals surface area contributed by atoms with Gasteiger partial charge in [0.15, 0.2) is 0 Å². The molecule has 0 fully saturated rings. The Morgan fingerprint density at radius 2 is 2.24 bits per heavy atom. The molecule has 0 radical (unpaired) electrons. The summed E-state index contributed by atoms with van der Waals surface area (Å²) in [4.78, 5) is 14.5. The van der Waals surface area contributed by atoms with E-state index in [-0.39, 0.29) is 11.3 Å². The summed E-state index contributed by atoms with van der Waals surface area (Å²) in [6.45, 7) is 5.26. The van der Waals surface area contributed by atoms with E-state index in [0.29, 0.717) is 23.7 Å². The highest BCUT2D eigenvalue weighted by Gasteiger charge is 2.24. The summed E-state index contributed by atoms with van der Waals surface area (Å²) < 4.78 is 5.15. The summed E-state index contributed by atoms with van der Waals surface area (Å²) in [5.41, 5.74) is 5.59. The number of nitrogens with two attached hydrogens (primary N) is 1. The predicted octanol–water partition coefficient (Wildman–Crippen LogP) is 1.81. The molecule has 2 N–H and O–H groups in total. The van der Waals surface area contributed by atoms with Gasteiger partial charge in [0.25, 0.3) is 5.91 Å². The Bertz CT molecular complexity index is 388. The first kappa shape index (κ1) is 14.0. The minimum absolute atomic E-state index is 0.0154. The number of thiophene rings is 1. The Morgan fingerprint density at radius 1 is 1.59 bits per heavy atom. The molecule has 0 spiro atoms. The Labute approximate surface area is 106 Å². The Morgan fingerprint density at radius 3 is 2.76 bits per heavy atom. The first-order valence-corrected chi connectivity index (χ1v) is 6.36. The topological polar surface area (TPSA) is 55.6 Å². The zero-order valence-electron chi connectivity index (χ0n) is 10.8. The van der Waals surface area contributed by atoms with Crippen molar-refractivity contribution >= 4 is 17.2 Å². The third-order valence-electron chi connectivity index (χ3n) is 2.61. The highest BCUT2D eigenvalue weighted by Crippen LogP contribution is 2.26. The van der Waals surface area contributed by atoms with Gasteiger partial charge in [0.1, 0.15) is 10.6 Å². The lowest BCUT2D eigenvalue weighted by atomic mass is 9.93. The van der Waals surface area contributed by atoms with Crippen molar-refractivity contribution in [2.45, 2.75) is 13.8 Å². The van der Waals surface area contributed by atoms with Crippen molar-refractivity contribution in [2.24, 2.45) is 11.1 Å². The largest absolute Gasteiger partial charge is 0.495 e. The lowest BCUT2D eigenvalue weighted by molar-refractivity contribution is 0.0742. The monoisotopic (exact) mass is 256 g/mol. The van der Waals surface area contributed by atoms with E-state index in [1.54, 1.807) is 25.1 Å². The average molecular weight is 256 g/mol. The van der Waals surface area contributed by atoms with Crippen molar-refractivity contribution in [1.29, 1.82) is 0 Å². The third kappa shape index (κ3) is 3.44. The average Bonchev–Trinajstić information content (AvgIpc) is 2.75. The highest BCUT2D eigenvalue weighted by atomic mass is 32.1. The van der Waals surface area contributed by atoms with Gasteiger partial charge in [-0.05, 0) is 23.4 Å². The molecule has 1 rings (SSSR count). The van der Waals surface area contributed by atoms with E-state index in [4.69, 9.17) is 10.5 Å². The second-order valence-corrected chi connectivity index (χ2v) is 5.76. The normalized spacial score (nSPS) is 11.4. The number of ether oxygens (including phenoxy) is 1. The van der Waals surface area contributed by atoms with E-state index in [0.717, 1.165) is 0 Å². The number of hydrogen-bond acceptors (Lipinski definition) is 4. The van der Waals surface area contributed by atoms with Crippen LogP contribution < -0.4 is 10.5 Å². The lowest BCUT2D eigenvalue weighted by Gasteiger charge is -2.28. The van der Waals surface area contributed by atoms with E-state index in [1.807, 2.05) is 19.2 Å². The lowest BCUT2D eigenvalue weighted by Crippen LogP contribution is -2.39. The van der Waals surface area contributed by atoms with Crippen molar-refractivity contribution < 1.29 is 9.53 Å². The summed E-state index contributed by atoms with van der Waals surface area (Å²) in [6.07, 6.45) is 0. The molecule has 17 heavy (non-hydrogen) atoms. The molecule has 1 aromatic heterocycles. The molecular formula is C12H20N2O2S. The van der Waals surface area contributed by atoms with Crippen LogP contribution in [0.1, 0.15) is 23.5 Å². The molecule has 5 heteroatoms. The molecule has 0 aliphatic heterocycles. The SMILES string of the molecule is COc1ccsc1C(=O)N(C)CC(C)(C)CN. The van der Waals surface area contributed by atoms with Crippen LogP contribution in [-0.4, -0.2) is 38.1 Å². The van der Waals surface area contributed by atoms with Gasteiger partial charge in [-0.2, -0.15) is 0 Å². The van der Waals surface area contributed by atoms with Gasteiger partial charge < -0.3 is 15.4 Å². The van der Waals surface area contributed by atoms with Gasteiger partial charge in [-0.15, -0.1) is 11.3 Å². The summed E-state index contributed by atoms with van der Waals surface area (Å²) in [5, 5.41) is 1.86. The van der Waals surface area contributed by atoms with Crippen LogP contribution >= 0.6 is 11.3 Å². The molecule has 0 bridgehead atoms. The molecule has 0 saturated carbocycles. The first-order valence-electron chi connectivity index (χ1n) is 5.48. The van der Waals surface area contributed by atoms with Crippen molar-refractivity contribution in [3.05, 3.63) is 16.3 Å². The van der Waals surface area contributed by atoms with Crippen LogP contribution in [0, 0.1) is 5.41 Å². The summed E-state index contributed by atoms with van der Waals surface area (Å²) in [5.74, 6) is 0.621. The predicted molar refractivity (Wildman–Crippen MR) is 70.7 cm³/mol. The van der Waals surface area contributed by atoms with Crippen LogP contribution in [0.5, 0.6) is 5.75 Å². The number of methoxy groups -OCH3 is 1. The van der Waals surface area contributed by atoms with Gasteiger partial charge in [-0.3, -0.25) is 4.79 Å². The zero-order chi connectivity index (χ0) is 13.1. The maximum absolute atomic E-state index is 12.2. The van der Waals surface area contributed by atoms with Crippen molar-refractivity contribution in [1.82, 2.24) is 4.90 Å². The highest BCUT2D eigenvalue weighted by molar-refractivity contribution is 7.12. The van der Waals surface area contributed by atoms with Crippen molar-refractivity contribution in [3.63, 3.8) is 0 Å². The fourth-order valence-electron chi connectivity index (χ4n) is 1.57. The first-order chi connectivity index (χ1) is 7.91. The van der Waals surface area contributed by atoms with Gasteiger partial charge in [0, 0.05) is 13.6 Å². The van der Waals surface area contributed by atoms with E-state index >= 15 is 0 Å². The summed E-state index contributed by atoms with van der Waals surface area (Å²) in [6, 6.07) is 1.81. The quantitative estimate of drug-likeness (QED) is 0.874. The molecule has 0 saturated heterocycles. The second-order valence-electron chi connectivity index (χ2n) is 4.85.